The quantitative estimate of drug-likeness (QED) is 0.628. The van der Waals surface area contributed by atoms with Gasteiger partial charge in [0, 0.05) is 12.8 Å². The minimum Gasteiger partial charge on any atom is -0.481 e. The number of carboxylic acid groups (broad SMARTS) is 1. The van der Waals surface area contributed by atoms with Crippen molar-refractivity contribution in [1.82, 2.24) is 0 Å². The number of carbonyl (C=O) groups is 2. The van der Waals surface area contributed by atoms with Gasteiger partial charge in [0.15, 0.2) is 0 Å². The minimum atomic E-state index is -1.42. The molecule has 1 aliphatic carbocycles. The Morgan fingerprint density at radius 1 is 1.22 bits per heavy atom. The zero-order chi connectivity index (χ0) is 17.6. The van der Waals surface area contributed by atoms with Crippen LogP contribution < -0.4 is 0 Å². The maximum atomic E-state index is 11.9. The summed E-state index contributed by atoms with van der Waals surface area (Å²) in [4.78, 5) is 23.2. The first-order valence-corrected chi connectivity index (χ1v) is 12.7. The molecule has 0 aromatic heterocycles. The van der Waals surface area contributed by atoms with E-state index in [1.54, 1.807) is 0 Å². The van der Waals surface area contributed by atoms with Gasteiger partial charge in [-0.3, -0.25) is 9.59 Å². The number of carbonyl (C=O) groups excluding carboxylic acids is 1. The highest BCUT2D eigenvalue weighted by atomic mass is 28.3. The van der Waals surface area contributed by atoms with Gasteiger partial charge in [0.2, 0.25) is 0 Å². The molecule has 4 heteroatoms. The van der Waals surface area contributed by atoms with Gasteiger partial charge in [-0.25, -0.2) is 0 Å². The van der Waals surface area contributed by atoms with Crippen LogP contribution in [0.15, 0.2) is 11.3 Å². The van der Waals surface area contributed by atoms with Crippen molar-refractivity contribution in [3.05, 3.63) is 11.3 Å². The van der Waals surface area contributed by atoms with E-state index in [1.165, 1.54) is 5.57 Å². The number of Topliss-reactive ketones (excluding diaryl/α,β-unsaturated/α-hetero) is 1. The highest BCUT2D eigenvalue weighted by molar-refractivity contribution is 6.81. The molecule has 0 aromatic carbocycles. The normalized spacial score (nSPS) is 27.2. The van der Waals surface area contributed by atoms with E-state index in [2.05, 4.69) is 32.3 Å². The molecule has 1 N–H and O–H groups in total. The Kier molecular flexibility index (Phi) is 7.72. The van der Waals surface area contributed by atoms with E-state index < -0.39 is 14.0 Å². The summed E-state index contributed by atoms with van der Waals surface area (Å²) in [6.07, 6.45) is 5.42. The van der Waals surface area contributed by atoms with Crippen molar-refractivity contribution < 1.29 is 14.7 Å². The Morgan fingerprint density at radius 2 is 1.87 bits per heavy atom. The smallest absolute Gasteiger partial charge is 0.303 e. The van der Waals surface area contributed by atoms with E-state index in [0.717, 1.165) is 25.7 Å². The van der Waals surface area contributed by atoms with Gasteiger partial charge in [-0.1, -0.05) is 44.8 Å². The van der Waals surface area contributed by atoms with E-state index in [0.29, 0.717) is 30.5 Å². The second-order valence-corrected chi connectivity index (χ2v) is 13.3. The highest BCUT2D eigenvalue weighted by Gasteiger charge is 2.34. The lowest BCUT2D eigenvalue weighted by Crippen LogP contribution is -2.31. The summed E-state index contributed by atoms with van der Waals surface area (Å²) in [7, 11) is -1.42. The highest BCUT2D eigenvalue weighted by Crippen LogP contribution is 2.43. The fourth-order valence-corrected chi connectivity index (χ4v) is 5.24. The molecule has 1 aliphatic rings. The third kappa shape index (κ3) is 7.02. The summed E-state index contributed by atoms with van der Waals surface area (Å²) in [5.74, 6) is 0.763. The van der Waals surface area contributed by atoms with Crippen molar-refractivity contribution in [3.8, 4) is 0 Å². The Bertz CT molecular complexity index is 448. The average molecular weight is 339 g/mol. The molecule has 3 atom stereocenters. The maximum Gasteiger partial charge on any atom is 0.303 e. The number of hydrogen-bond acceptors (Lipinski definition) is 2. The van der Waals surface area contributed by atoms with Gasteiger partial charge in [-0.2, -0.15) is 0 Å². The monoisotopic (exact) mass is 338 g/mol. The number of rotatable bonds is 8. The molecule has 0 amide bonds. The van der Waals surface area contributed by atoms with Crippen molar-refractivity contribution >= 4 is 19.8 Å². The van der Waals surface area contributed by atoms with E-state index in [9.17, 15) is 14.7 Å². The zero-order valence-corrected chi connectivity index (χ0v) is 16.5. The lowest BCUT2D eigenvalue weighted by atomic mass is 9.69. The summed E-state index contributed by atoms with van der Waals surface area (Å²) in [6, 6.07) is 0. The molecule has 0 aliphatic heterocycles. The van der Waals surface area contributed by atoms with E-state index in [1.807, 2.05) is 6.92 Å². The SMILES string of the molecule is CCCC(=O)CC[C@@H]1/C(=C\[Si](C)(C)C)[C@H](CC(=O)O)CC[C@H]1C. The van der Waals surface area contributed by atoms with Crippen molar-refractivity contribution in [2.75, 3.05) is 0 Å². The standard InChI is InChI=1S/C19H34O3Si/c1-6-7-16(20)10-11-17-14(2)8-9-15(12-19(21)22)18(17)13-23(3,4)5/h13-15,17H,6-12H2,1-5H3,(H,21,22)/b18-13-/t14-,15+,17+/m1/s1. The van der Waals surface area contributed by atoms with Crippen LogP contribution in [-0.2, 0) is 9.59 Å². The van der Waals surface area contributed by atoms with Gasteiger partial charge in [-0.15, -0.1) is 0 Å². The Hall–Kier alpha value is -0.903. The first-order chi connectivity index (χ1) is 10.6. The molecule has 1 saturated carbocycles. The molecule has 0 unspecified atom stereocenters. The number of carboxylic acids is 1. The largest absolute Gasteiger partial charge is 0.481 e. The molecule has 1 fully saturated rings. The van der Waals surface area contributed by atoms with E-state index in [-0.39, 0.29) is 12.3 Å². The van der Waals surface area contributed by atoms with Gasteiger partial charge in [0.1, 0.15) is 5.78 Å². The van der Waals surface area contributed by atoms with Crippen molar-refractivity contribution in [2.45, 2.75) is 78.4 Å². The van der Waals surface area contributed by atoms with E-state index >= 15 is 0 Å². The van der Waals surface area contributed by atoms with Gasteiger partial charge >= 0.3 is 5.97 Å². The number of ketones is 1. The lowest BCUT2D eigenvalue weighted by Gasteiger charge is -2.38. The van der Waals surface area contributed by atoms with Gasteiger partial charge in [-0.05, 0) is 43.4 Å². The second kappa shape index (κ2) is 8.81. The zero-order valence-electron chi connectivity index (χ0n) is 15.5. The van der Waals surface area contributed by atoms with Gasteiger partial charge in [0.25, 0.3) is 0 Å². The fourth-order valence-electron chi connectivity index (χ4n) is 3.79. The number of allylic oxidation sites excluding steroid dienone is 1. The summed E-state index contributed by atoms with van der Waals surface area (Å²) >= 11 is 0. The summed E-state index contributed by atoms with van der Waals surface area (Å²) in [5, 5.41) is 9.25. The van der Waals surface area contributed by atoms with Crippen molar-refractivity contribution in [2.24, 2.45) is 17.8 Å². The van der Waals surface area contributed by atoms with Crippen molar-refractivity contribution in [1.29, 1.82) is 0 Å². The van der Waals surface area contributed by atoms with Crippen LogP contribution in [0.25, 0.3) is 0 Å². The molecule has 0 aromatic rings. The summed E-state index contributed by atoms with van der Waals surface area (Å²) < 4.78 is 0. The van der Waals surface area contributed by atoms with Crippen LogP contribution in [0, 0.1) is 17.8 Å². The van der Waals surface area contributed by atoms with Crippen LogP contribution in [0.4, 0.5) is 0 Å². The predicted octanol–water partition coefficient (Wildman–Crippen LogP) is 5.08. The first kappa shape index (κ1) is 20.1. The molecule has 0 saturated heterocycles. The van der Waals surface area contributed by atoms with E-state index in [4.69, 9.17) is 0 Å². The molecule has 0 bridgehead atoms. The topological polar surface area (TPSA) is 54.4 Å². The second-order valence-electron chi connectivity index (χ2n) is 8.29. The summed E-state index contributed by atoms with van der Waals surface area (Å²) in [5.41, 5.74) is 3.78. The van der Waals surface area contributed by atoms with Crippen LogP contribution in [0.5, 0.6) is 0 Å². The molecule has 0 spiro atoms. The molecular formula is C19H34O3Si. The van der Waals surface area contributed by atoms with Crippen LogP contribution in [0.3, 0.4) is 0 Å². The molecule has 132 valence electrons. The Morgan fingerprint density at radius 3 is 2.39 bits per heavy atom. The van der Waals surface area contributed by atoms with Gasteiger partial charge < -0.3 is 5.11 Å². The minimum absolute atomic E-state index is 0.168. The lowest BCUT2D eigenvalue weighted by molar-refractivity contribution is -0.138. The first-order valence-electron chi connectivity index (χ1n) is 9.10. The summed E-state index contributed by atoms with van der Waals surface area (Å²) in [6.45, 7) is 11.2. The van der Waals surface area contributed by atoms with Crippen molar-refractivity contribution in [3.63, 3.8) is 0 Å². The van der Waals surface area contributed by atoms with Crippen LogP contribution in [0.2, 0.25) is 19.6 Å². The molecule has 0 radical (unpaired) electrons. The average Bonchev–Trinajstić information content (AvgIpc) is 2.39. The fraction of sp³-hybridized carbons (Fsp3) is 0.789. The maximum absolute atomic E-state index is 11.9. The number of hydrogen-bond donors (Lipinski definition) is 1. The Labute approximate surface area is 142 Å². The number of aliphatic carboxylic acids is 1. The Balaban J connectivity index is 2.97. The predicted molar refractivity (Wildman–Crippen MR) is 98.2 cm³/mol. The van der Waals surface area contributed by atoms with Crippen LogP contribution >= 0.6 is 0 Å². The van der Waals surface area contributed by atoms with Gasteiger partial charge in [0.05, 0.1) is 14.5 Å². The molecular weight excluding hydrogens is 304 g/mol. The third-order valence-electron chi connectivity index (χ3n) is 4.84. The van der Waals surface area contributed by atoms with Crippen LogP contribution in [-0.4, -0.2) is 24.9 Å². The molecule has 3 nitrogen and oxygen atoms in total. The molecule has 1 rings (SSSR count). The molecule has 0 heterocycles. The third-order valence-corrected chi connectivity index (χ3v) is 6.04. The van der Waals surface area contributed by atoms with Crippen LogP contribution in [0.1, 0.15) is 58.8 Å². The molecule has 23 heavy (non-hydrogen) atoms.